The molecule has 3 heterocycles. The van der Waals surface area contributed by atoms with E-state index in [0.29, 0.717) is 12.2 Å². The van der Waals surface area contributed by atoms with Crippen LogP contribution in [0, 0.1) is 0 Å². The van der Waals surface area contributed by atoms with Crippen LogP contribution < -0.4 is 4.90 Å². The smallest absolute Gasteiger partial charge is 0.273 e. The summed E-state index contributed by atoms with van der Waals surface area (Å²) in [4.78, 5) is 29.8. The number of aromatic amines is 1. The van der Waals surface area contributed by atoms with Gasteiger partial charge in [-0.25, -0.2) is 4.98 Å². The number of anilines is 1. The highest BCUT2D eigenvalue weighted by molar-refractivity contribution is 6.05. The Kier molecular flexibility index (Phi) is 4.16. The quantitative estimate of drug-likeness (QED) is 0.586. The molecule has 0 aliphatic carbocycles. The number of nitrogens with zero attached hydrogens (tertiary/aromatic N) is 4. The van der Waals surface area contributed by atoms with E-state index in [-0.39, 0.29) is 5.91 Å². The number of H-pyrrole nitrogens is 1. The van der Waals surface area contributed by atoms with E-state index in [1.807, 2.05) is 59.5 Å². The Hall–Kier alpha value is -3.41. The van der Waals surface area contributed by atoms with E-state index in [4.69, 9.17) is 4.98 Å². The molecule has 5 rings (SSSR count). The van der Waals surface area contributed by atoms with Crippen LogP contribution in [-0.2, 0) is 0 Å². The summed E-state index contributed by atoms with van der Waals surface area (Å²) in [6.45, 7) is 2.99. The van der Waals surface area contributed by atoms with Crippen LogP contribution in [-0.4, -0.2) is 51.9 Å². The zero-order valence-corrected chi connectivity index (χ0v) is 15.5. The minimum atomic E-state index is 0.00301. The van der Waals surface area contributed by atoms with Gasteiger partial charge in [0.1, 0.15) is 5.69 Å². The number of pyridine rings is 1. The maximum Gasteiger partial charge on any atom is 0.273 e. The first-order chi connectivity index (χ1) is 13.8. The van der Waals surface area contributed by atoms with Gasteiger partial charge in [-0.3, -0.25) is 9.78 Å². The van der Waals surface area contributed by atoms with Crippen molar-refractivity contribution in [3.8, 4) is 0 Å². The molecular formula is C22H21N5O. The summed E-state index contributed by atoms with van der Waals surface area (Å²) in [5, 5.41) is 1.95. The van der Waals surface area contributed by atoms with Crippen molar-refractivity contribution < 1.29 is 4.79 Å². The Morgan fingerprint density at radius 2 is 1.79 bits per heavy atom. The van der Waals surface area contributed by atoms with Crippen LogP contribution in [0.25, 0.3) is 21.8 Å². The van der Waals surface area contributed by atoms with Crippen molar-refractivity contribution in [3.63, 3.8) is 0 Å². The number of amides is 1. The SMILES string of the molecule is O=C(c1nccc2ccccc12)N1CCCN(c2nc3ccccc3[nH]2)CC1. The number of aromatic nitrogens is 3. The Balaban J connectivity index is 1.37. The third-order valence-electron chi connectivity index (χ3n) is 5.34. The zero-order chi connectivity index (χ0) is 18.9. The second kappa shape index (κ2) is 6.96. The first-order valence-corrected chi connectivity index (χ1v) is 9.62. The van der Waals surface area contributed by atoms with Crippen molar-refractivity contribution in [2.75, 3.05) is 31.1 Å². The third kappa shape index (κ3) is 2.97. The van der Waals surface area contributed by atoms with Crippen LogP contribution in [0.3, 0.4) is 0 Å². The van der Waals surface area contributed by atoms with Crippen molar-refractivity contribution in [2.24, 2.45) is 0 Å². The number of para-hydroxylation sites is 2. The largest absolute Gasteiger partial charge is 0.341 e. The topological polar surface area (TPSA) is 65.1 Å². The van der Waals surface area contributed by atoms with Crippen molar-refractivity contribution in [2.45, 2.75) is 6.42 Å². The molecule has 0 unspecified atom stereocenters. The lowest BCUT2D eigenvalue weighted by Gasteiger charge is -2.22. The Labute approximate surface area is 162 Å². The summed E-state index contributed by atoms with van der Waals surface area (Å²) >= 11 is 0. The number of carbonyl (C=O) groups is 1. The van der Waals surface area contributed by atoms with Crippen LogP contribution >= 0.6 is 0 Å². The molecule has 1 aliphatic heterocycles. The summed E-state index contributed by atoms with van der Waals surface area (Å²) in [7, 11) is 0. The minimum absolute atomic E-state index is 0.00301. The molecule has 0 spiro atoms. The number of nitrogens with one attached hydrogen (secondary N) is 1. The molecule has 140 valence electrons. The molecule has 6 nitrogen and oxygen atoms in total. The number of fused-ring (bicyclic) bond motifs is 2. The lowest BCUT2D eigenvalue weighted by molar-refractivity contribution is 0.0763. The van der Waals surface area contributed by atoms with Gasteiger partial charge in [0, 0.05) is 37.8 Å². The molecule has 0 bridgehead atoms. The van der Waals surface area contributed by atoms with E-state index >= 15 is 0 Å². The van der Waals surface area contributed by atoms with Crippen LogP contribution in [0.15, 0.2) is 60.8 Å². The first-order valence-electron chi connectivity index (χ1n) is 9.62. The molecule has 28 heavy (non-hydrogen) atoms. The van der Waals surface area contributed by atoms with Crippen LogP contribution in [0.4, 0.5) is 5.95 Å². The molecule has 1 aliphatic rings. The standard InChI is InChI=1S/C22H21N5O/c28-21(20-17-7-2-1-6-16(17)10-11-23-20)26-12-5-13-27(15-14-26)22-24-18-8-3-4-9-19(18)25-22/h1-4,6-11H,5,12-15H2,(H,24,25). The monoisotopic (exact) mass is 371 g/mol. The lowest BCUT2D eigenvalue weighted by atomic mass is 10.1. The van der Waals surface area contributed by atoms with Crippen LogP contribution in [0.2, 0.25) is 0 Å². The van der Waals surface area contributed by atoms with Gasteiger partial charge in [-0.2, -0.15) is 0 Å². The Morgan fingerprint density at radius 3 is 2.71 bits per heavy atom. The van der Waals surface area contributed by atoms with Gasteiger partial charge in [-0.05, 0) is 30.0 Å². The molecular weight excluding hydrogens is 350 g/mol. The average Bonchev–Trinajstić information content (AvgIpc) is 3.02. The van der Waals surface area contributed by atoms with E-state index in [1.165, 1.54) is 0 Å². The Morgan fingerprint density at radius 1 is 0.929 bits per heavy atom. The van der Waals surface area contributed by atoms with E-state index in [9.17, 15) is 4.79 Å². The fourth-order valence-electron chi connectivity index (χ4n) is 3.86. The molecule has 6 heteroatoms. The van der Waals surface area contributed by atoms with Crippen LogP contribution in [0.1, 0.15) is 16.9 Å². The molecule has 4 aromatic rings. The molecule has 1 amide bonds. The predicted molar refractivity (Wildman–Crippen MR) is 111 cm³/mol. The second-order valence-corrected chi connectivity index (χ2v) is 7.09. The number of carbonyl (C=O) groups excluding carboxylic acids is 1. The normalized spacial score (nSPS) is 15.1. The van der Waals surface area contributed by atoms with Crippen LogP contribution in [0.5, 0.6) is 0 Å². The third-order valence-corrected chi connectivity index (χ3v) is 5.34. The fraction of sp³-hybridized carbons (Fsp3) is 0.227. The lowest BCUT2D eigenvalue weighted by Crippen LogP contribution is -2.36. The van der Waals surface area contributed by atoms with Gasteiger partial charge in [0.15, 0.2) is 0 Å². The minimum Gasteiger partial charge on any atom is -0.341 e. The van der Waals surface area contributed by atoms with Gasteiger partial charge in [0.25, 0.3) is 5.91 Å². The zero-order valence-electron chi connectivity index (χ0n) is 15.5. The predicted octanol–water partition coefficient (Wildman–Crippen LogP) is 3.46. The van der Waals surface area contributed by atoms with Gasteiger partial charge < -0.3 is 14.8 Å². The summed E-state index contributed by atoms with van der Waals surface area (Å²) in [6, 6.07) is 17.9. The average molecular weight is 371 g/mol. The first kappa shape index (κ1) is 16.7. The fourth-order valence-corrected chi connectivity index (χ4v) is 3.86. The molecule has 0 saturated carbocycles. The van der Waals surface area contributed by atoms with Gasteiger partial charge in [0.2, 0.25) is 5.95 Å². The van der Waals surface area contributed by atoms with Crippen molar-refractivity contribution in [3.05, 3.63) is 66.5 Å². The van der Waals surface area contributed by atoms with Crippen molar-refractivity contribution >= 4 is 33.7 Å². The van der Waals surface area contributed by atoms with Gasteiger partial charge in [0.05, 0.1) is 11.0 Å². The van der Waals surface area contributed by atoms with E-state index in [0.717, 1.165) is 53.8 Å². The van der Waals surface area contributed by atoms with Gasteiger partial charge in [-0.15, -0.1) is 0 Å². The Bertz CT molecular complexity index is 1110. The van der Waals surface area contributed by atoms with Gasteiger partial charge >= 0.3 is 0 Å². The van der Waals surface area contributed by atoms with E-state index in [2.05, 4.69) is 14.9 Å². The van der Waals surface area contributed by atoms with E-state index < -0.39 is 0 Å². The van der Waals surface area contributed by atoms with E-state index in [1.54, 1.807) is 6.20 Å². The maximum atomic E-state index is 13.2. The summed E-state index contributed by atoms with van der Waals surface area (Å²) in [6.07, 6.45) is 2.61. The highest BCUT2D eigenvalue weighted by atomic mass is 16.2. The number of hydrogen-bond donors (Lipinski definition) is 1. The molecule has 1 fully saturated rings. The van der Waals surface area contributed by atoms with Crippen molar-refractivity contribution in [1.29, 1.82) is 0 Å². The summed E-state index contributed by atoms with van der Waals surface area (Å²) < 4.78 is 0. The molecule has 2 aromatic carbocycles. The highest BCUT2D eigenvalue weighted by Crippen LogP contribution is 2.21. The number of hydrogen-bond acceptors (Lipinski definition) is 4. The summed E-state index contributed by atoms with van der Waals surface area (Å²) in [5.74, 6) is 0.877. The van der Waals surface area contributed by atoms with Gasteiger partial charge in [-0.1, -0.05) is 36.4 Å². The maximum absolute atomic E-state index is 13.2. The number of benzene rings is 2. The number of rotatable bonds is 2. The molecule has 0 radical (unpaired) electrons. The molecule has 1 N–H and O–H groups in total. The highest BCUT2D eigenvalue weighted by Gasteiger charge is 2.23. The second-order valence-electron chi connectivity index (χ2n) is 7.09. The molecule has 0 atom stereocenters. The number of imidazole rings is 1. The molecule has 1 saturated heterocycles. The van der Waals surface area contributed by atoms with Crippen molar-refractivity contribution in [1.82, 2.24) is 19.9 Å². The summed E-state index contributed by atoms with van der Waals surface area (Å²) in [5.41, 5.74) is 2.54. The molecule has 2 aromatic heterocycles.